The topological polar surface area (TPSA) is 99.7 Å². The first kappa shape index (κ1) is 21.4. The van der Waals surface area contributed by atoms with Crippen LogP contribution in [0.1, 0.15) is 23.7 Å². The molecule has 0 spiro atoms. The molecule has 140 valence electrons. The van der Waals surface area contributed by atoms with Gasteiger partial charge in [-0.3, -0.25) is 9.79 Å². The molecule has 1 amide bonds. The Morgan fingerprint density at radius 1 is 1.28 bits per heavy atom. The van der Waals surface area contributed by atoms with Gasteiger partial charge in [0.15, 0.2) is 5.96 Å². The number of hydrogen-bond donors (Lipinski definition) is 3. The minimum absolute atomic E-state index is 0.0304. The molecule has 0 heterocycles. The lowest BCUT2D eigenvalue weighted by atomic mass is 10.2. The van der Waals surface area contributed by atoms with E-state index < -0.39 is 9.84 Å². The van der Waals surface area contributed by atoms with Gasteiger partial charge in [0.05, 0.1) is 5.75 Å². The number of sulfone groups is 1. The molecular weight excluding hydrogens is 408 g/mol. The first-order valence-corrected chi connectivity index (χ1v) is 10.8. The number of nitrogens with zero attached hydrogens (tertiary/aromatic N) is 1. The van der Waals surface area contributed by atoms with Crippen LogP contribution in [-0.4, -0.2) is 58.5 Å². The highest BCUT2D eigenvalue weighted by Crippen LogP contribution is 2.11. The van der Waals surface area contributed by atoms with E-state index in [1.54, 1.807) is 25.2 Å². The summed E-state index contributed by atoms with van der Waals surface area (Å²) in [5.41, 5.74) is 0.589. The van der Waals surface area contributed by atoms with Gasteiger partial charge < -0.3 is 16.0 Å². The Bertz CT molecular complexity index is 707. The molecule has 0 saturated heterocycles. The van der Waals surface area contributed by atoms with Crippen LogP contribution in [0.2, 0.25) is 0 Å². The Labute approximate surface area is 157 Å². The van der Waals surface area contributed by atoms with Gasteiger partial charge in [0.1, 0.15) is 9.84 Å². The van der Waals surface area contributed by atoms with E-state index in [0.717, 1.165) is 4.47 Å². The van der Waals surface area contributed by atoms with Crippen LogP contribution in [0.4, 0.5) is 0 Å². The predicted molar refractivity (Wildman–Crippen MR) is 105 cm³/mol. The Balaban J connectivity index is 2.32. The zero-order chi connectivity index (χ0) is 18.9. The lowest BCUT2D eigenvalue weighted by Crippen LogP contribution is -2.45. The van der Waals surface area contributed by atoms with E-state index in [1.807, 2.05) is 13.0 Å². The summed E-state index contributed by atoms with van der Waals surface area (Å²) in [7, 11) is -1.34. The molecular formula is C16H25BrN4O3S. The number of amides is 1. The summed E-state index contributed by atoms with van der Waals surface area (Å²) < 4.78 is 23.2. The van der Waals surface area contributed by atoms with Crippen molar-refractivity contribution < 1.29 is 13.2 Å². The van der Waals surface area contributed by atoms with Crippen molar-refractivity contribution in [3.8, 4) is 0 Å². The molecule has 1 rings (SSSR count). The van der Waals surface area contributed by atoms with Crippen molar-refractivity contribution in [3.63, 3.8) is 0 Å². The van der Waals surface area contributed by atoms with Crippen molar-refractivity contribution in [2.24, 2.45) is 4.99 Å². The molecule has 1 atom stereocenters. The molecule has 0 saturated carbocycles. The fraction of sp³-hybridized carbons (Fsp3) is 0.500. The zero-order valence-corrected chi connectivity index (χ0v) is 17.1. The minimum atomic E-state index is -2.97. The summed E-state index contributed by atoms with van der Waals surface area (Å²) in [5.74, 6) is 0.547. The van der Waals surface area contributed by atoms with Gasteiger partial charge in [-0.2, -0.15) is 0 Å². The number of aliphatic imine (C=N–C) groups is 1. The third kappa shape index (κ3) is 9.45. The molecule has 0 radical (unpaired) electrons. The van der Waals surface area contributed by atoms with Crippen LogP contribution in [0, 0.1) is 0 Å². The van der Waals surface area contributed by atoms with Crippen LogP contribution >= 0.6 is 15.9 Å². The highest BCUT2D eigenvalue weighted by atomic mass is 79.9. The average Bonchev–Trinajstić information content (AvgIpc) is 2.54. The first-order valence-electron chi connectivity index (χ1n) is 7.90. The summed E-state index contributed by atoms with van der Waals surface area (Å²) in [6.45, 7) is 2.83. The molecule has 1 unspecified atom stereocenters. The van der Waals surface area contributed by atoms with Crippen molar-refractivity contribution in [1.29, 1.82) is 0 Å². The van der Waals surface area contributed by atoms with Crippen molar-refractivity contribution in [1.82, 2.24) is 16.0 Å². The summed E-state index contributed by atoms with van der Waals surface area (Å²) in [4.78, 5) is 16.1. The fourth-order valence-electron chi connectivity index (χ4n) is 1.98. The standard InChI is InChI=1S/C16H25BrN4O3S/c1-12(7-10-25(3,23)24)21-16(18-2)20-9-8-19-15(22)13-5-4-6-14(17)11-13/h4-6,11-12H,7-10H2,1-3H3,(H,19,22)(H2,18,20,21). The van der Waals surface area contributed by atoms with Crippen molar-refractivity contribution in [3.05, 3.63) is 34.3 Å². The molecule has 7 nitrogen and oxygen atoms in total. The quantitative estimate of drug-likeness (QED) is 0.325. The second-order valence-corrected chi connectivity index (χ2v) is 8.90. The third-order valence-corrected chi connectivity index (χ3v) is 4.79. The van der Waals surface area contributed by atoms with E-state index in [-0.39, 0.29) is 17.7 Å². The third-order valence-electron chi connectivity index (χ3n) is 3.32. The normalized spacial score (nSPS) is 13.2. The minimum Gasteiger partial charge on any atom is -0.355 e. The lowest BCUT2D eigenvalue weighted by molar-refractivity contribution is 0.0954. The molecule has 1 aromatic carbocycles. The summed E-state index contributed by atoms with van der Waals surface area (Å²) in [5, 5.41) is 9.02. The van der Waals surface area contributed by atoms with Crippen molar-refractivity contribution in [2.45, 2.75) is 19.4 Å². The molecule has 0 aliphatic rings. The summed E-state index contributed by atoms with van der Waals surface area (Å²) in [6, 6.07) is 7.14. The van der Waals surface area contributed by atoms with Crippen LogP contribution in [0.3, 0.4) is 0 Å². The highest BCUT2D eigenvalue weighted by molar-refractivity contribution is 9.10. The van der Waals surface area contributed by atoms with Crippen LogP contribution in [0.15, 0.2) is 33.7 Å². The van der Waals surface area contributed by atoms with Crippen LogP contribution < -0.4 is 16.0 Å². The molecule has 0 bridgehead atoms. The Morgan fingerprint density at radius 3 is 2.56 bits per heavy atom. The summed E-state index contributed by atoms with van der Waals surface area (Å²) in [6.07, 6.45) is 1.72. The smallest absolute Gasteiger partial charge is 0.251 e. The van der Waals surface area contributed by atoms with E-state index in [0.29, 0.717) is 31.0 Å². The van der Waals surface area contributed by atoms with Gasteiger partial charge in [-0.25, -0.2) is 8.42 Å². The number of hydrogen-bond acceptors (Lipinski definition) is 4. The van der Waals surface area contributed by atoms with Gasteiger partial charge in [-0.1, -0.05) is 22.0 Å². The second kappa shape index (κ2) is 10.4. The van der Waals surface area contributed by atoms with E-state index in [4.69, 9.17) is 0 Å². The maximum absolute atomic E-state index is 12.0. The van der Waals surface area contributed by atoms with E-state index >= 15 is 0 Å². The summed E-state index contributed by atoms with van der Waals surface area (Å²) >= 11 is 3.33. The molecule has 25 heavy (non-hydrogen) atoms. The van der Waals surface area contributed by atoms with E-state index in [9.17, 15) is 13.2 Å². The lowest BCUT2D eigenvalue weighted by Gasteiger charge is -2.17. The fourth-order valence-corrected chi connectivity index (χ4v) is 3.16. The number of benzene rings is 1. The number of carbonyl (C=O) groups excluding carboxylic acids is 1. The van der Waals surface area contributed by atoms with E-state index in [1.165, 1.54) is 6.26 Å². The monoisotopic (exact) mass is 432 g/mol. The van der Waals surface area contributed by atoms with Crippen LogP contribution in [0.25, 0.3) is 0 Å². The Morgan fingerprint density at radius 2 is 1.96 bits per heavy atom. The van der Waals surface area contributed by atoms with Gasteiger partial charge in [0.25, 0.3) is 5.91 Å². The predicted octanol–water partition coefficient (Wildman–Crippen LogP) is 1.17. The number of halogens is 1. The number of guanidine groups is 1. The maximum atomic E-state index is 12.0. The van der Waals surface area contributed by atoms with Gasteiger partial charge in [-0.05, 0) is 31.5 Å². The van der Waals surface area contributed by atoms with Crippen molar-refractivity contribution in [2.75, 3.05) is 32.1 Å². The van der Waals surface area contributed by atoms with Crippen molar-refractivity contribution >= 4 is 37.6 Å². The average molecular weight is 433 g/mol. The molecule has 0 aromatic heterocycles. The van der Waals surface area contributed by atoms with Gasteiger partial charge in [0.2, 0.25) is 0 Å². The molecule has 3 N–H and O–H groups in total. The SMILES string of the molecule is CN=C(NCCNC(=O)c1cccc(Br)c1)NC(C)CCS(C)(=O)=O. The zero-order valence-electron chi connectivity index (χ0n) is 14.7. The number of carbonyl (C=O) groups is 1. The van der Waals surface area contributed by atoms with E-state index in [2.05, 4.69) is 36.9 Å². The molecule has 0 fully saturated rings. The Kier molecular flexibility index (Phi) is 8.91. The van der Waals surface area contributed by atoms with Gasteiger partial charge >= 0.3 is 0 Å². The van der Waals surface area contributed by atoms with Gasteiger partial charge in [0, 0.05) is 42.5 Å². The molecule has 1 aromatic rings. The highest BCUT2D eigenvalue weighted by Gasteiger charge is 2.09. The van der Waals surface area contributed by atoms with Crippen LogP contribution in [0.5, 0.6) is 0 Å². The Hall–Kier alpha value is -1.61. The van der Waals surface area contributed by atoms with Gasteiger partial charge in [-0.15, -0.1) is 0 Å². The van der Waals surface area contributed by atoms with Crippen LogP contribution in [-0.2, 0) is 9.84 Å². The number of nitrogens with one attached hydrogen (secondary N) is 3. The maximum Gasteiger partial charge on any atom is 0.251 e. The number of rotatable bonds is 8. The first-order chi connectivity index (χ1) is 11.7. The molecule has 0 aliphatic heterocycles. The molecule has 0 aliphatic carbocycles. The second-order valence-electron chi connectivity index (χ2n) is 5.73. The largest absolute Gasteiger partial charge is 0.355 e. The molecule has 9 heteroatoms.